The van der Waals surface area contributed by atoms with Crippen molar-refractivity contribution >= 4 is 71.7 Å². The van der Waals surface area contributed by atoms with E-state index in [2.05, 4.69) is 15.9 Å². The summed E-state index contributed by atoms with van der Waals surface area (Å²) in [6.07, 6.45) is 0. The third-order valence-corrected chi connectivity index (χ3v) is 6.60. The molecule has 0 saturated heterocycles. The molecule has 0 saturated carbocycles. The minimum absolute atomic E-state index is 0.00591. The lowest BCUT2D eigenvalue weighted by Gasteiger charge is -2.28. The lowest BCUT2D eigenvalue weighted by Crippen LogP contribution is -2.42. The number of nitrogens with zero attached hydrogens (tertiary/aromatic N) is 1. The minimum Gasteiger partial charge on any atom is -0.279 e. The van der Waals surface area contributed by atoms with Crippen molar-refractivity contribution in [1.82, 2.24) is 0 Å². The van der Waals surface area contributed by atoms with Crippen LogP contribution in [-0.2, 0) is 14.8 Å². The van der Waals surface area contributed by atoms with E-state index in [1.165, 1.54) is 25.1 Å². The quantitative estimate of drug-likeness (QED) is 0.570. The van der Waals surface area contributed by atoms with Gasteiger partial charge in [0.05, 0.1) is 10.7 Å². The zero-order chi connectivity index (χ0) is 18.1. The predicted molar refractivity (Wildman–Crippen MR) is 101 cm³/mol. The van der Waals surface area contributed by atoms with Gasteiger partial charge in [-0.05, 0) is 54.9 Å². The molecule has 0 fully saturated rings. The Balaban J connectivity index is 2.70. The zero-order valence-electron chi connectivity index (χ0n) is 12.2. The molecule has 0 aromatic heterocycles. The number of rotatable bonds is 5. The Kier molecular flexibility index (Phi) is 6.20. The Morgan fingerprint density at radius 1 is 1.17 bits per heavy atom. The number of halogens is 4. The molecule has 2 aromatic carbocycles. The molecule has 0 amide bonds. The van der Waals surface area contributed by atoms with Gasteiger partial charge in [0, 0.05) is 9.50 Å². The van der Waals surface area contributed by atoms with Gasteiger partial charge in [-0.15, -0.1) is 0 Å². The summed E-state index contributed by atoms with van der Waals surface area (Å²) < 4.78 is 27.8. The van der Waals surface area contributed by atoms with Crippen molar-refractivity contribution < 1.29 is 13.2 Å². The van der Waals surface area contributed by atoms with E-state index in [9.17, 15) is 13.2 Å². The maximum Gasteiger partial charge on any atom is 0.266 e. The van der Waals surface area contributed by atoms with Crippen molar-refractivity contribution in [2.24, 2.45) is 0 Å². The number of carbonyl (C=O) groups is 1. The van der Waals surface area contributed by atoms with E-state index >= 15 is 0 Å². The summed E-state index contributed by atoms with van der Waals surface area (Å²) in [6.45, 7) is 1.40. The average Bonchev–Trinajstić information content (AvgIpc) is 2.49. The fraction of sp³-hybridized carbons (Fsp3) is 0.133. The second kappa shape index (κ2) is 7.62. The maximum absolute atomic E-state index is 13.1. The number of hydrogen-bond donors (Lipinski definition) is 0. The molecule has 2 rings (SSSR count). The van der Waals surface area contributed by atoms with Gasteiger partial charge in [0.1, 0.15) is 10.9 Å². The van der Waals surface area contributed by atoms with Gasteiger partial charge in [-0.2, -0.15) is 0 Å². The first-order valence-corrected chi connectivity index (χ1v) is 9.95. The number of benzene rings is 2. The summed E-state index contributed by atoms with van der Waals surface area (Å²) in [7, 11) is -4.18. The zero-order valence-corrected chi connectivity index (χ0v) is 16.9. The van der Waals surface area contributed by atoms with Crippen LogP contribution in [0.3, 0.4) is 0 Å². The summed E-state index contributed by atoms with van der Waals surface area (Å²) in [5, 5.41) is -0.623. The first-order chi connectivity index (χ1) is 11.1. The standard InChI is InChI=1S/C15H11BrCl3NO3S/c1-9(15(19)21)20(12-4-2-3-10(16)7-12)24(22,23)14-8-11(17)5-6-13(14)18/h2-9H,1H3. The van der Waals surface area contributed by atoms with Gasteiger partial charge in [-0.1, -0.05) is 45.2 Å². The molecule has 2 aromatic rings. The van der Waals surface area contributed by atoms with Crippen LogP contribution in [-0.4, -0.2) is 19.7 Å². The molecule has 0 aliphatic heterocycles. The Hall–Kier alpha value is -0.790. The van der Waals surface area contributed by atoms with Crippen molar-refractivity contribution in [3.05, 3.63) is 57.0 Å². The number of sulfonamides is 1. The highest BCUT2D eigenvalue weighted by atomic mass is 79.9. The molecule has 0 spiro atoms. The molecule has 128 valence electrons. The maximum atomic E-state index is 13.1. The highest BCUT2D eigenvalue weighted by molar-refractivity contribution is 9.10. The Labute approximate surface area is 163 Å². The summed E-state index contributed by atoms with van der Waals surface area (Å²) in [4.78, 5) is 11.5. The molecule has 0 N–H and O–H groups in total. The fourth-order valence-corrected chi connectivity index (χ4v) is 4.95. The van der Waals surface area contributed by atoms with E-state index in [1.807, 2.05) is 0 Å². The van der Waals surface area contributed by atoms with Crippen LogP contribution in [0.1, 0.15) is 6.92 Å². The van der Waals surface area contributed by atoms with Crippen LogP contribution < -0.4 is 4.31 Å². The third-order valence-electron chi connectivity index (χ3n) is 3.17. The lowest BCUT2D eigenvalue weighted by atomic mass is 10.3. The third kappa shape index (κ3) is 4.06. The van der Waals surface area contributed by atoms with E-state index in [4.69, 9.17) is 34.8 Å². The van der Waals surface area contributed by atoms with Gasteiger partial charge in [0.2, 0.25) is 5.24 Å². The molecule has 1 atom stereocenters. The lowest BCUT2D eigenvalue weighted by molar-refractivity contribution is -0.112. The Morgan fingerprint density at radius 2 is 1.83 bits per heavy atom. The van der Waals surface area contributed by atoms with Crippen LogP contribution in [0, 0.1) is 0 Å². The van der Waals surface area contributed by atoms with Crippen molar-refractivity contribution in [3.63, 3.8) is 0 Å². The highest BCUT2D eigenvalue weighted by Crippen LogP contribution is 2.33. The van der Waals surface area contributed by atoms with E-state index in [-0.39, 0.29) is 20.6 Å². The molecule has 0 aliphatic rings. The molecular weight excluding hydrogens is 460 g/mol. The Morgan fingerprint density at radius 3 is 2.42 bits per heavy atom. The van der Waals surface area contributed by atoms with Gasteiger partial charge in [-0.3, -0.25) is 9.10 Å². The highest BCUT2D eigenvalue weighted by Gasteiger charge is 2.34. The molecule has 24 heavy (non-hydrogen) atoms. The van der Waals surface area contributed by atoms with Crippen LogP contribution in [0.15, 0.2) is 51.8 Å². The topological polar surface area (TPSA) is 54.5 Å². The summed E-state index contributed by atoms with van der Waals surface area (Å²) in [5.41, 5.74) is 0.266. The second-order valence-corrected chi connectivity index (χ2v) is 8.75. The Bertz CT molecular complexity index is 889. The van der Waals surface area contributed by atoms with E-state index in [0.717, 1.165) is 4.31 Å². The first kappa shape index (κ1) is 19.5. The van der Waals surface area contributed by atoms with E-state index in [0.29, 0.717) is 4.47 Å². The van der Waals surface area contributed by atoms with Crippen molar-refractivity contribution in [1.29, 1.82) is 0 Å². The molecule has 0 aliphatic carbocycles. The van der Waals surface area contributed by atoms with Crippen molar-refractivity contribution in [3.8, 4) is 0 Å². The van der Waals surface area contributed by atoms with Gasteiger partial charge in [-0.25, -0.2) is 8.42 Å². The molecule has 4 nitrogen and oxygen atoms in total. The summed E-state index contributed by atoms with van der Waals surface area (Å²) >= 11 is 20.8. The van der Waals surface area contributed by atoms with Gasteiger partial charge >= 0.3 is 0 Å². The predicted octanol–water partition coefficient (Wildman–Crippen LogP) is 5.11. The number of hydrogen-bond acceptors (Lipinski definition) is 3. The van der Waals surface area contributed by atoms with Crippen LogP contribution in [0.2, 0.25) is 10.0 Å². The van der Waals surface area contributed by atoms with Crippen molar-refractivity contribution in [2.75, 3.05) is 4.31 Å². The van der Waals surface area contributed by atoms with Gasteiger partial charge in [0.15, 0.2) is 0 Å². The normalized spacial score (nSPS) is 12.7. The summed E-state index contributed by atoms with van der Waals surface area (Å²) in [6, 6.07) is 9.44. The van der Waals surface area contributed by atoms with Crippen molar-refractivity contribution in [2.45, 2.75) is 17.9 Å². The molecule has 1 unspecified atom stereocenters. The smallest absolute Gasteiger partial charge is 0.266 e. The van der Waals surface area contributed by atoms with Crippen LogP contribution >= 0.6 is 50.7 Å². The molecular formula is C15H11BrCl3NO3S. The monoisotopic (exact) mass is 469 g/mol. The van der Waals surface area contributed by atoms with Crippen LogP contribution in [0.5, 0.6) is 0 Å². The SMILES string of the molecule is CC(C(=O)Cl)N(c1cccc(Br)c1)S(=O)(=O)c1cc(Cl)ccc1Cl. The van der Waals surface area contributed by atoms with E-state index in [1.54, 1.807) is 24.3 Å². The summed E-state index contributed by atoms with van der Waals surface area (Å²) in [5.74, 6) is 0. The van der Waals surface area contributed by atoms with Gasteiger partial charge < -0.3 is 0 Å². The number of anilines is 1. The van der Waals surface area contributed by atoms with Gasteiger partial charge in [0.25, 0.3) is 10.0 Å². The first-order valence-electron chi connectivity index (χ1n) is 6.59. The minimum atomic E-state index is -4.18. The second-order valence-electron chi connectivity index (χ2n) is 4.84. The molecule has 0 bridgehead atoms. The average molecular weight is 472 g/mol. The largest absolute Gasteiger partial charge is 0.279 e. The molecule has 0 heterocycles. The molecule has 0 radical (unpaired) electrons. The molecule has 9 heteroatoms. The number of carbonyl (C=O) groups excluding carboxylic acids is 1. The van der Waals surface area contributed by atoms with Crippen LogP contribution in [0.25, 0.3) is 0 Å². The fourth-order valence-electron chi connectivity index (χ4n) is 2.06. The van der Waals surface area contributed by atoms with Crippen LogP contribution in [0.4, 0.5) is 5.69 Å². The van der Waals surface area contributed by atoms with E-state index < -0.39 is 21.3 Å².